The molecule has 6 nitrogen and oxygen atoms in total. The fourth-order valence-corrected chi connectivity index (χ4v) is 1.17. The average molecular weight is 199 g/mol. The quantitative estimate of drug-likeness (QED) is 0.539. The van der Waals surface area contributed by atoms with Gasteiger partial charge in [0.1, 0.15) is 6.20 Å². The van der Waals surface area contributed by atoms with E-state index in [0.29, 0.717) is 6.61 Å². The molecule has 0 bridgehead atoms. The van der Waals surface area contributed by atoms with Crippen molar-refractivity contribution in [1.82, 2.24) is 9.55 Å². The summed E-state index contributed by atoms with van der Waals surface area (Å²) in [4.78, 5) is 13.6. The van der Waals surface area contributed by atoms with E-state index in [2.05, 4.69) is 4.98 Å². The molecule has 0 aliphatic carbocycles. The van der Waals surface area contributed by atoms with Crippen LogP contribution in [0.4, 0.5) is 5.82 Å². The van der Waals surface area contributed by atoms with Crippen molar-refractivity contribution in [2.75, 3.05) is 13.7 Å². The minimum absolute atomic E-state index is 0.144. The highest BCUT2D eigenvalue weighted by Gasteiger charge is 2.23. The zero-order chi connectivity index (χ0) is 10.8. The lowest BCUT2D eigenvalue weighted by Crippen LogP contribution is -2.30. The molecule has 0 aliphatic heterocycles. The van der Waals surface area contributed by atoms with Crippen LogP contribution in [-0.2, 0) is 10.3 Å². The van der Waals surface area contributed by atoms with Crippen molar-refractivity contribution < 1.29 is 9.66 Å². The standard InChI is InChI=1S/C8H13N3O3/c1-8(2,5-14-3)10-4-7(9-6-10)11(12)13/h4,6H,5H2,1-3H3. The molecule has 78 valence electrons. The maximum atomic E-state index is 10.4. The van der Waals surface area contributed by atoms with Crippen LogP contribution < -0.4 is 0 Å². The van der Waals surface area contributed by atoms with E-state index < -0.39 is 4.92 Å². The predicted molar refractivity (Wildman–Crippen MR) is 50.1 cm³/mol. The number of aromatic nitrogens is 2. The largest absolute Gasteiger partial charge is 0.382 e. The number of imidazole rings is 1. The minimum atomic E-state index is -0.515. The Morgan fingerprint density at radius 3 is 2.79 bits per heavy atom. The van der Waals surface area contributed by atoms with Crippen LogP contribution in [0, 0.1) is 10.1 Å². The van der Waals surface area contributed by atoms with Crippen LogP contribution in [0.15, 0.2) is 12.5 Å². The summed E-state index contributed by atoms with van der Waals surface area (Å²) in [6.07, 6.45) is 2.84. The van der Waals surface area contributed by atoms with Gasteiger partial charge in [-0.25, -0.2) is 0 Å². The summed E-state index contributed by atoms with van der Waals surface area (Å²) in [5, 5.41) is 10.4. The zero-order valence-electron chi connectivity index (χ0n) is 8.43. The second-order valence-electron chi connectivity index (χ2n) is 3.64. The Bertz CT molecular complexity index is 332. The van der Waals surface area contributed by atoms with Gasteiger partial charge in [0, 0.05) is 7.11 Å². The van der Waals surface area contributed by atoms with Gasteiger partial charge in [0.2, 0.25) is 6.33 Å². The van der Waals surface area contributed by atoms with E-state index in [1.54, 1.807) is 11.7 Å². The van der Waals surface area contributed by atoms with Gasteiger partial charge in [-0.15, -0.1) is 0 Å². The summed E-state index contributed by atoms with van der Waals surface area (Å²) in [7, 11) is 1.59. The third-order valence-electron chi connectivity index (χ3n) is 1.95. The highest BCUT2D eigenvalue weighted by atomic mass is 16.6. The van der Waals surface area contributed by atoms with Crippen molar-refractivity contribution in [2.45, 2.75) is 19.4 Å². The molecule has 0 fully saturated rings. The van der Waals surface area contributed by atoms with Gasteiger partial charge in [-0.2, -0.15) is 0 Å². The van der Waals surface area contributed by atoms with E-state index in [0.717, 1.165) is 0 Å². The van der Waals surface area contributed by atoms with Crippen LogP contribution in [0.5, 0.6) is 0 Å². The molecule has 0 saturated carbocycles. The molecule has 0 radical (unpaired) electrons. The third kappa shape index (κ3) is 2.08. The van der Waals surface area contributed by atoms with Gasteiger partial charge in [0.15, 0.2) is 0 Å². The molecule has 14 heavy (non-hydrogen) atoms. The normalized spacial score (nSPS) is 11.6. The zero-order valence-corrected chi connectivity index (χ0v) is 8.43. The SMILES string of the molecule is COCC(C)(C)n1cnc([N+](=O)[O-])c1. The van der Waals surface area contributed by atoms with E-state index in [-0.39, 0.29) is 11.4 Å². The molecular weight excluding hydrogens is 186 g/mol. The van der Waals surface area contributed by atoms with Crippen LogP contribution in [0.2, 0.25) is 0 Å². The summed E-state index contributed by atoms with van der Waals surface area (Å²) in [5.74, 6) is -0.144. The van der Waals surface area contributed by atoms with Crippen molar-refractivity contribution in [3.8, 4) is 0 Å². The topological polar surface area (TPSA) is 70.2 Å². The molecule has 0 amide bonds. The van der Waals surface area contributed by atoms with Crippen molar-refractivity contribution >= 4 is 5.82 Å². The van der Waals surface area contributed by atoms with E-state index in [1.807, 2.05) is 13.8 Å². The first-order valence-electron chi connectivity index (χ1n) is 4.15. The number of rotatable bonds is 4. The first-order chi connectivity index (χ1) is 6.47. The van der Waals surface area contributed by atoms with Crippen LogP contribution in [0.25, 0.3) is 0 Å². The molecule has 0 saturated heterocycles. The van der Waals surface area contributed by atoms with Gasteiger partial charge in [-0.1, -0.05) is 0 Å². The molecule has 0 spiro atoms. The predicted octanol–water partition coefficient (Wildman–Crippen LogP) is 1.17. The molecular formula is C8H13N3O3. The summed E-state index contributed by atoms with van der Waals surface area (Å²) in [5.41, 5.74) is -0.323. The summed E-state index contributed by atoms with van der Waals surface area (Å²) in [6, 6.07) is 0. The highest BCUT2D eigenvalue weighted by Crippen LogP contribution is 2.18. The molecule has 0 unspecified atom stereocenters. The van der Waals surface area contributed by atoms with Crippen molar-refractivity contribution in [1.29, 1.82) is 0 Å². The lowest BCUT2D eigenvalue weighted by atomic mass is 10.1. The second-order valence-corrected chi connectivity index (χ2v) is 3.64. The number of hydrogen-bond acceptors (Lipinski definition) is 4. The first-order valence-corrected chi connectivity index (χ1v) is 4.15. The highest BCUT2D eigenvalue weighted by molar-refractivity contribution is 5.13. The smallest absolute Gasteiger partial charge is 0.381 e. The molecule has 1 aromatic heterocycles. The van der Waals surface area contributed by atoms with Crippen molar-refractivity contribution in [2.24, 2.45) is 0 Å². The Morgan fingerprint density at radius 2 is 2.36 bits per heavy atom. The first kappa shape index (κ1) is 10.6. The van der Waals surface area contributed by atoms with E-state index >= 15 is 0 Å². The minimum Gasteiger partial charge on any atom is -0.382 e. The second kappa shape index (κ2) is 3.75. The molecule has 1 rings (SSSR count). The van der Waals surface area contributed by atoms with Gasteiger partial charge in [-0.3, -0.25) is 0 Å². The van der Waals surface area contributed by atoms with Gasteiger partial charge < -0.3 is 19.4 Å². The van der Waals surface area contributed by atoms with Gasteiger partial charge in [0.25, 0.3) is 0 Å². The number of nitrogens with zero attached hydrogens (tertiary/aromatic N) is 3. The maximum Gasteiger partial charge on any atom is 0.381 e. The van der Waals surface area contributed by atoms with Gasteiger partial charge in [-0.05, 0) is 23.8 Å². The van der Waals surface area contributed by atoms with Crippen LogP contribution >= 0.6 is 0 Å². The van der Waals surface area contributed by atoms with Crippen molar-refractivity contribution in [3.63, 3.8) is 0 Å². The fraction of sp³-hybridized carbons (Fsp3) is 0.625. The molecule has 1 aromatic rings. The molecule has 0 N–H and O–H groups in total. The molecule has 0 aromatic carbocycles. The Morgan fingerprint density at radius 1 is 1.71 bits per heavy atom. The Hall–Kier alpha value is -1.43. The lowest BCUT2D eigenvalue weighted by Gasteiger charge is -2.23. The maximum absolute atomic E-state index is 10.4. The third-order valence-corrected chi connectivity index (χ3v) is 1.95. The van der Waals surface area contributed by atoms with Crippen molar-refractivity contribution in [3.05, 3.63) is 22.6 Å². The van der Waals surface area contributed by atoms with Crippen LogP contribution in [-0.4, -0.2) is 28.2 Å². The number of hydrogen-bond donors (Lipinski definition) is 0. The molecule has 1 heterocycles. The Kier molecular flexibility index (Phi) is 2.85. The van der Waals surface area contributed by atoms with E-state index in [9.17, 15) is 10.1 Å². The Labute approximate surface area is 81.7 Å². The number of methoxy groups -OCH3 is 1. The fourth-order valence-electron chi connectivity index (χ4n) is 1.17. The van der Waals surface area contributed by atoms with E-state index in [1.165, 1.54) is 12.5 Å². The van der Waals surface area contributed by atoms with Crippen LogP contribution in [0.1, 0.15) is 13.8 Å². The summed E-state index contributed by atoms with van der Waals surface area (Å²) >= 11 is 0. The number of nitro groups is 1. The average Bonchev–Trinajstić information content (AvgIpc) is 2.51. The molecule has 0 atom stereocenters. The molecule has 0 aliphatic rings. The summed E-state index contributed by atoms with van der Waals surface area (Å²) in [6.45, 7) is 4.31. The van der Waals surface area contributed by atoms with Gasteiger partial charge >= 0.3 is 5.82 Å². The van der Waals surface area contributed by atoms with E-state index in [4.69, 9.17) is 4.74 Å². The monoisotopic (exact) mass is 199 g/mol. The molecule has 6 heteroatoms. The van der Waals surface area contributed by atoms with Crippen LogP contribution in [0.3, 0.4) is 0 Å². The lowest BCUT2D eigenvalue weighted by molar-refractivity contribution is -0.389. The summed E-state index contributed by atoms with van der Waals surface area (Å²) < 4.78 is 6.69. The Balaban J connectivity index is 2.90. The number of ether oxygens (including phenoxy) is 1. The van der Waals surface area contributed by atoms with Gasteiger partial charge in [0.05, 0.1) is 12.1 Å².